The molecule has 2 aliphatic rings. The number of allylic oxidation sites excluding steroid dienone is 2. The quantitative estimate of drug-likeness (QED) is 0.120. The Balaban J connectivity index is 1.54. The van der Waals surface area contributed by atoms with Crippen LogP contribution in [0.2, 0.25) is 12.1 Å². The van der Waals surface area contributed by atoms with Gasteiger partial charge in [0.1, 0.15) is 0 Å². The lowest BCUT2D eigenvalue weighted by Crippen LogP contribution is -2.48. The maximum atomic E-state index is 2.59. The van der Waals surface area contributed by atoms with Crippen molar-refractivity contribution in [2.75, 3.05) is 0 Å². The van der Waals surface area contributed by atoms with Crippen LogP contribution in [0.15, 0.2) is 83.9 Å². The molecule has 0 saturated carbocycles. The third-order valence-electron chi connectivity index (χ3n) is 10.4. The van der Waals surface area contributed by atoms with Crippen molar-refractivity contribution in [2.45, 2.75) is 102 Å². The summed E-state index contributed by atoms with van der Waals surface area (Å²) in [6, 6.07) is 30.9. The molecule has 4 aromatic carbocycles. The molecule has 2 aliphatic carbocycles. The molecule has 0 fully saturated rings. The van der Waals surface area contributed by atoms with Crippen LogP contribution in [-0.2, 0) is 0 Å². The van der Waals surface area contributed by atoms with Crippen LogP contribution in [0, 0.1) is 0 Å². The van der Waals surface area contributed by atoms with Crippen molar-refractivity contribution in [3.63, 3.8) is 0 Å². The van der Waals surface area contributed by atoms with Crippen LogP contribution in [0.4, 0.5) is 0 Å². The van der Waals surface area contributed by atoms with E-state index in [-0.39, 0.29) is 0 Å². The molecule has 6 rings (SSSR count). The molecular formula is C40H48Si. The first-order chi connectivity index (χ1) is 20.1. The molecule has 0 radical (unpaired) electrons. The molecule has 2 atom stereocenters. The molecule has 212 valence electrons. The third kappa shape index (κ3) is 5.05. The Morgan fingerprint density at radius 2 is 0.951 bits per heavy atom. The molecule has 0 amide bonds. The van der Waals surface area contributed by atoms with Crippen molar-refractivity contribution >= 4 is 41.8 Å². The van der Waals surface area contributed by atoms with Crippen molar-refractivity contribution in [1.29, 1.82) is 0 Å². The van der Waals surface area contributed by atoms with E-state index in [1.807, 2.05) is 0 Å². The number of fused-ring (bicyclic) bond motifs is 6. The van der Waals surface area contributed by atoms with Gasteiger partial charge in [-0.25, -0.2) is 0 Å². The first-order valence-electron chi connectivity index (χ1n) is 16.5. The summed E-state index contributed by atoms with van der Waals surface area (Å²) in [5.74, 6) is 0. The smallest absolute Gasteiger partial charge is 0.0678 e. The molecule has 0 N–H and O–H groups in total. The normalized spacial score (nSPS) is 18.0. The third-order valence-corrected chi connectivity index (χ3v) is 16.8. The monoisotopic (exact) mass is 556 g/mol. The van der Waals surface area contributed by atoms with Crippen LogP contribution in [0.5, 0.6) is 0 Å². The Bertz CT molecular complexity index is 1480. The number of benzene rings is 4. The zero-order valence-electron chi connectivity index (χ0n) is 25.8. The molecule has 0 nitrogen and oxygen atoms in total. The van der Waals surface area contributed by atoms with Gasteiger partial charge in [-0.1, -0.05) is 173 Å². The molecular weight excluding hydrogens is 509 g/mol. The predicted molar refractivity (Wildman–Crippen MR) is 184 cm³/mol. The van der Waals surface area contributed by atoms with Crippen molar-refractivity contribution in [3.8, 4) is 0 Å². The van der Waals surface area contributed by atoms with Crippen molar-refractivity contribution in [1.82, 2.24) is 0 Å². The molecule has 1 heteroatoms. The van der Waals surface area contributed by atoms with Crippen LogP contribution in [0.1, 0.15) is 112 Å². The first-order valence-corrected chi connectivity index (χ1v) is 19.1. The molecule has 0 saturated heterocycles. The lowest BCUT2D eigenvalue weighted by atomic mass is 10.0. The zero-order chi connectivity index (χ0) is 28.4. The summed E-state index contributed by atoms with van der Waals surface area (Å²) < 4.78 is 0. The lowest BCUT2D eigenvalue weighted by Gasteiger charge is -2.45. The summed E-state index contributed by atoms with van der Waals surface area (Å²) in [5.41, 5.74) is 10.8. The minimum absolute atomic E-state index is 0.594. The summed E-state index contributed by atoms with van der Waals surface area (Å²) in [6.07, 6.45) is 16.0. The number of unbranched alkanes of at least 4 members (excludes halogenated alkanes) is 6. The van der Waals surface area contributed by atoms with E-state index in [0.29, 0.717) is 11.1 Å². The van der Waals surface area contributed by atoms with E-state index in [9.17, 15) is 0 Å². The van der Waals surface area contributed by atoms with E-state index in [0.717, 1.165) is 0 Å². The lowest BCUT2D eigenvalue weighted by molar-refractivity contribution is 0.668. The second-order valence-electron chi connectivity index (χ2n) is 13.1. The zero-order valence-corrected chi connectivity index (χ0v) is 26.8. The first kappa shape index (κ1) is 28.2. The van der Waals surface area contributed by atoms with E-state index in [1.54, 1.807) is 22.3 Å². The highest BCUT2D eigenvalue weighted by Gasteiger charge is 2.52. The Kier molecular flexibility index (Phi) is 8.36. The van der Waals surface area contributed by atoms with Gasteiger partial charge in [-0.05, 0) is 57.6 Å². The highest BCUT2D eigenvalue weighted by atomic mass is 28.3. The Labute approximate surface area is 249 Å². The van der Waals surface area contributed by atoms with Gasteiger partial charge >= 0.3 is 0 Å². The van der Waals surface area contributed by atoms with Crippen molar-refractivity contribution in [3.05, 3.63) is 106 Å². The molecule has 2 unspecified atom stereocenters. The van der Waals surface area contributed by atoms with Gasteiger partial charge in [-0.2, -0.15) is 0 Å². The average Bonchev–Trinajstić information content (AvgIpc) is 3.53. The van der Waals surface area contributed by atoms with Crippen molar-refractivity contribution in [2.24, 2.45) is 0 Å². The van der Waals surface area contributed by atoms with Gasteiger partial charge in [0.25, 0.3) is 0 Å². The van der Waals surface area contributed by atoms with E-state index in [4.69, 9.17) is 0 Å². The van der Waals surface area contributed by atoms with Crippen LogP contribution < -0.4 is 0 Å². The SMILES string of the molecule is CCCCCC[Si](CCCCCC)(C1C(C)=Cc2c1ccc1ccccc21)C1C(C)=Cc2c1ccc1ccccc21. The fourth-order valence-electron chi connectivity index (χ4n) is 8.72. The summed E-state index contributed by atoms with van der Waals surface area (Å²) in [6.45, 7) is 9.67. The van der Waals surface area contributed by atoms with E-state index in [2.05, 4.69) is 113 Å². The maximum Gasteiger partial charge on any atom is 0.0781 e. The Morgan fingerprint density at radius 3 is 1.39 bits per heavy atom. The molecule has 4 aromatic rings. The standard InChI is InChI=1S/C40H48Si/c1-5-7-9-15-25-41(26-16-10-8-6-2,39-29(3)27-37-33-19-13-11-17-31(33)21-23-35(37)39)40-30(4)28-38-34-20-14-12-18-32(34)22-24-36(38)40/h11-14,17-24,27-28,39-40H,5-10,15-16,25-26H2,1-4H3. The number of hydrogen-bond acceptors (Lipinski definition) is 0. The number of rotatable bonds is 12. The summed E-state index contributed by atoms with van der Waals surface area (Å²) in [4.78, 5) is 0. The Hall–Kier alpha value is -2.90. The van der Waals surface area contributed by atoms with E-state index in [1.165, 1.54) is 96.1 Å². The fraction of sp³-hybridized carbons (Fsp3) is 0.400. The van der Waals surface area contributed by atoms with Gasteiger partial charge < -0.3 is 0 Å². The molecule has 0 bridgehead atoms. The van der Waals surface area contributed by atoms with Gasteiger partial charge in [-0.15, -0.1) is 0 Å². The van der Waals surface area contributed by atoms with Gasteiger partial charge in [0.15, 0.2) is 0 Å². The molecule has 41 heavy (non-hydrogen) atoms. The molecule has 0 aromatic heterocycles. The summed E-state index contributed by atoms with van der Waals surface area (Å²) in [5, 5.41) is 5.64. The second kappa shape index (κ2) is 12.1. The summed E-state index contributed by atoms with van der Waals surface area (Å²) >= 11 is 0. The maximum absolute atomic E-state index is 2.59. The van der Waals surface area contributed by atoms with E-state index >= 15 is 0 Å². The minimum atomic E-state index is -1.97. The van der Waals surface area contributed by atoms with Crippen LogP contribution in [-0.4, -0.2) is 8.07 Å². The van der Waals surface area contributed by atoms with Crippen molar-refractivity contribution < 1.29 is 0 Å². The largest absolute Gasteiger partial charge is 0.0781 e. The summed E-state index contributed by atoms with van der Waals surface area (Å²) in [7, 11) is -1.97. The van der Waals surface area contributed by atoms with Gasteiger partial charge in [0.05, 0.1) is 8.07 Å². The van der Waals surface area contributed by atoms with Crippen LogP contribution >= 0.6 is 0 Å². The number of hydrogen-bond donors (Lipinski definition) is 0. The highest BCUT2D eigenvalue weighted by molar-refractivity contribution is 6.84. The minimum Gasteiger partial charge on any atom is -0.0678 e. The topological polar surface area (TPSA) is 0 Å². The van der Waals surface area contributed by atoms with Gasteiger partial charge in [0.2, 0.25) is 0 Å². The molecule has 0 spiro atoms. The van der Waals surface area contributed by atoms with E-state index < -0.39 is 8.07 Å². The Morgan fingerprint density at radius 1 is 0.512 bits per heavy atom. The molecule has 0 aliphatic heterocycles. The highest BCUT2D eigenvalue weighted by Crippen LogP contribution is 2.57. The van der Waals surface area contributed by atoms with Crippen LogP contribution in [0.3, 0.4) is 0 Å². The molecule has 0 heterocycles. The predicted octanol–water partition coefficient (Wildman–Crippen LogP) is 12.4. The van der Waals surface area contributed by atoms with Gasteiger partial charge in [-0.3, -0.25) is 0 Å². The fourth-order valence-corrected chi connectivity index (χ4v) is 16.0. The van der Waals surface area contributed by atoms with Gasteiger partial charge in [0, 0.05) is 11.1 Å². The second-order valence-corrected chi connectivity index (χ2v) is 17.7. The average molecular weight is 557 g/mol. The van der Waals surface area contributed by atoms with Crippen LogP contribution in [0.25, 0.3) is 33.7 Å².